The maximum absolute atomic E-state index is 11.1. The Morgan fingerprint density at radius 2 is 2.05 bits per heavy atom. The zero-order valence-electron chi connectivity index (χ0n) is 9.75. The summed E-state index contributed by atoms with van der Waals surface area (Å²) in [5.41, 5.74) is -0.799. The van der Waals surface area contributed by atoms with Crippen molar-refractivity contribution in [3.05, 3.63) is 29.3 Å². The first-order valence-electron chi connectivity index (χ1n) is 4.88. The van der Waals surface area contributed by atoms with E-state index >= 15 is 0 Å². The SMILES string of the molecule is CSC(=Nc1cccc(C(=O)O)c1C(=O)O)NC#N. The number of carboxylic acid groups (broad SMARTS) is 2. The van der Waals surface area contributed by atoms with Crippen LogP contribution >= 0.6 is 11.8 Å². The molecule has 0 radical (unpaired) electrons. The van der Waals surface area contributed by atoms with Crippen LogP contribution in [0.25, 0.3) is 0 Å². The molecule has 0 atom stereocenters. The van der Waals surface area contributed by atoms with E-state index < -0.39 is 17.5 Å². The molecule has 0 aliphatic heterocycles. The summed E-state index contributed by atoms with van der Waals surface area (Å²) in [5.74, 6) is -2.75. The normalized spacial score (nSPS) is 10.6. The van der Waals surface area contributed by atoms with E-state index in [9.17, 15) is 9.59 Å². The third-order valence-corrected chi connectivity index (χ3v) is 2.64. The van der Waals surface area contributed by atoms with Gasteiger partial charge in [0.15, 0.2) is 11.4 Å². The molecule has 0 unspecified atom stereocenters. The first-order chi connectivity index (χ1) is 9.01. The van der Waals surface area contributed by atoms with Crippen LogP contribution in [0, 0.1) is 11.5 Å². The molecule has 19 heavy (non-hydrogen) atoms. The van der Waals surface area contributed by atoms with Crippen molar-refractivity contribution in [3.63, 3.8) is 0 Å². The number of benzene rings is 1. The zero-order valence-corrected chi connectivity index (χ0v) is 10.6. The fraction of sp³-hybridized carbons (Fsp3) is 0.0909. The summed E-state index contributed by atoms with van der Waals surface area (Å²) in [5, 5.41) is 29.0. The van der Waals surface area contributed by atoms with Gasteiger partial charge in [-0.05, 0) is 18.4 Å². The van der Waals surface area contributed by atoms with Gasteiger partial charge in [0, 0.05) is 0 Å². The third kappa shape index (κ3) is 3.46. The molecule has 0 bridgehead atoms. The summed E-state index contributed by atoms with van der Waals surface area (Å²) >= 11 is 1.10. The van der Waals surface area contributed by atoms with Gasteiger partial charge in [-0.25, -0.2) is 14.6 Å². The molecule has 0 aliphatic carbocycles. The molecule has 1 aromatic carbocycles. The van der Waals surface area contributed by atoms with Crippen molar-refractivity contribution in [2.45, 2.75) is 0 Å². The van der Waals surface area contributed by atoms with Crippen LogP contribution in [-0.2, 0) is 0 Å². The van der Waals surface area contributed by atoms with Gasteiger partial charge in [0.25, 0.3) is 0 Å². The maximum Gasteiger partial charge on any atom is 0.338 e. The summed E-state index contributed by atoms with van der Waals surface area (Å²) in [7, 11) is 0. The number of nitriles is 1. The standard InChI is InChI=1S/C11H9N3O4S/c1-19-11(13-5-12)14-7-4-2-3-6(9(15)16)8(7)10(17)18/h2-4H,1H3,(H,13,14)(H,15,16)(H,17,18). The van der Waals surface area contributed by atoms with E-state index in [2.05, 4.69) is 10.3 Å². The molecular formula is C11H9N3O4S. The average molecular weight is 279 g/mol. The number of aliphatic imine (C=N–C) groups is 1. The van der Waals surface area contributed by atoms with Gasteiger partial charge in [-0.1, -0.05) is 17.8 Å². The molecule has 1 rings (SSSR count). The van der Waals surface area contributed by atoms with E-state index in [-0.39, 0.29) is 16.4 Å². The number of nitrogens with one attached hydrogen (secondary N) is 1. The molecule has 0 aromatic heterocycles. The Morgan fingerprint density at radius 3 is 2.53 bits per heavy atom. The number of rotatable bonds is 3. The Hall–Kier alpha value is -2.53. The van der Waals surface area contributed by atoms with Gasteiger partial charge in [0.05, 0.1) is 16.8 Å². The Morgan fingerprint density at radius 1 is 1.37 bits per heavy atom. The topological polar surface area (TPSA) is 123 Å². The molecule has 0 amide bonds. The highest BCUT2D eigenvalue weighted by atomic mass is 32.2. The number of carboxylic acids is 2. The van der Waals surface area contributed by atoms with Crippen molar-refractivity contribution in [1.29, 1.82) is 5.26 Å². The quantitative estimate of drug-likeness (QED) is 0.331. The minimum Gasteiger partial charge on any atom is -0.478 e. The zero-order chi connectivity index (χ0) is 14.4. The molecule has 0 spiro atoms. The number of amidine groups is 1. The Kier molecular flexibility index (Phi) is 4.91. The van der Waals surface area contributed by atoms with Crippen molar-refractivity contribution < 1.29 is 19.8 Å². The molecule has 1 aromatic rings. The molecule has 7 nitrogen and oxygen atoms in total. The lowest BCUT2D eigenvalue weighted by atomic mass is 10.1. The predicted octanol–water partition coefficient (Wildman–Crippen LogP) is 1.50. The van der Waals surface area contributed by atoms with Crippen LogP contribution in [0.2, 0.25) is 0 Å². The molecule has 0 saturated heterocycles. The Balaban J connectivity index is 3.44. The van der Waals surface area contributed by atoms with Crippen molar-refractivity contribution >= 4 is 34.6 Å². The average Bonchev–Trinajstić information content (AvgIpc) is 2.37. The summed E-state index contributed by atoms with van der Waals surface area (Å²) < 4.78 is 0. The highest BCUT2D eigenvalue weighted by Gasteiger charge is 2.20. The lowest BCUT2D eigenvalue weighted by Gasteiger charge is -2.06. The van der Waals surface area contributed by atoms with E-state index in [0.29, 0.717) is 0 Å². The van der Waals surface area contributed by atoms with E-state index in [1.165, 1.54) is 18.2 Å². The second-order valence-corrected chi connectivity index (χ2v) is 3.96. The summed E-state index contributed by atoms with van der Waals surface area (Å²) in [6, 6.07) is 3.94. The number of hydrogen-bond donors (Lipinski definition) is 3. The lowest BCUT2D eigenvalue weighted by molar-refractivity contribution is 0.0652. The van der Waals surface area contributed by atoms with E-state index in [1.807, 2.05) is 0 Å². The van der Waals surface area contributed by atoms with E-state index in [4.69, 9.17) is 15.5 Å². The van der Waals surface area contributed by atoms with Crippen LogP contribution in [0.5, 0.6) is 0 Å². The molecule has 0 aliphatic rings. The Bertz CT molecular complexity index is 592. The summed E-state index contributed by atoms with van der Waals surface area (Å²) in [4.78, 5) is 26.1. The third-order valence-electron chi connectivity index (χ3n) is 2.06. The highest BCUT2D eigenvalue weighted by Crippen LogP contribution is 2.24. The van der Waals surface area contributed by atoms with Crippen LogP contribution in [-0.4, -0.2) is 33.6 Å². The van der Waals surface area contributed by atoms with Gasteiger partial charge < -0.3 is 10.2 Å². The van der Waals surface area contributed by atoms with Crippen LogP contribution in [0.4, 0.5) is 5.69 Å². The van der Waals surface area contributed by atoms with E-state index in [1.54, 1.807) is 12.4 Å². The van der Waals surface area contributed by atoms with E-state index in [0.717, 1.165) is 11.8 Å². The fourth-order valence-corrected chi connectivity index (χ4v) is 1.66. The fourth-order valence-electron chi connectivity index (χ4n) is 1.32. The minimum atomic E-state index is -1.39. The molecule has 3 N–H and O–H groups in total. The van der Waals surface area contributed by atoms with Gasteiger partial charge in [-0.3, -0.25) is 5.32 Å². The van der Waals surface area contributed by atoms with Gasteiger partial charge in [-0.2, -0.15) is 5.26 Å². The van der Waals surface area contributed by atoms with Crippen molar-refractivity contribution in [1.82, 2.24) is 5.32 Å². The number of aromatic carboxylic acids is 2. The molecule has 8 heteroatoms. The first kappa shape index (κ1) is 14.5. The number of nitrogens with zero attached hydrogens (tertiary/aromatic N) is 2. The van der Waals surface area contributed by atoms with Gasteiger partial charge >= 0.3 is 11.9 Å². The summed E-state index contributed by atoms with van der Waals surface area (Å²) in [6.45, 7) is 0. The summed E-state index contributed by atoms with van der Waals surface area (Å²) in [6.07, 6.45) is 3.30. The van der Waals surface area contributed by atoms with Gasteiger partial charge in [-0.15, -0.1) is 0 Å². The molecule has 0 fully saturated rings. The molecule has 0 heterocycles. The lowest BCUT2D eigenvalue weighted by Crippen LogP contribution is -2.14. The Labute approximate surface area is 112 Å². The largest absolute Gasteiger partial charge is 0.478 e. The predicted molar refractivity (Wildman–Crippen MR) is 69.7 cm³/mol. The van der Waals surface area contributed by atoms with Gasteiger partial charge in [0.2, 0.25) is 0 Å². The van der Waals surface area contributed by atoms with Crippen molar-refractivity contribution in [2.24, 2.45) is 4.99 Å². The van der Waals surface area contributed by atoms with Crippen LogP contribution in [0.3, 0.4) is 0 Å². The minimum absolute atomic E-state index is 0.0282. The van der Waals surface area contributed by atoms with Crippen molar-refractivity contribution in [2.75, 3.05) is 6.26 Å². The molecule has 98 valence electrons. The monoisotopic (exact) mass is 279 g/mol. The van der Waals surface area contributed by atoms with Crippen LogP contribution in [0.1, 0.15) is 20.7 Å². The first-order valence-corrected chi connectivity index (χ1v) is 6.11. The second kappa shape index (κ2) is 6.42. The number of carbonyl (C=O) groups is 2. The van der Waals surface area contributed by atoms with Crippen LogP contribution < -0.4 is 5.32 Å². The van der Waals surface area contributed by atoms with Crippen LogP contribution in [0.15, 0.2) is 23.2 Å². The second-order valence-electron chi connectivity index (χ2n) is 3.17. The smallest absolute Gasteiger partial charge is 0.338 e. The number of thioether (sulfide) groups is 1. The molecule has 0 saturated carbocycles. The van der Waals surface area contributed by atoms with Crippen molar-refractivity contribution in [3.8, 4) is 6.19 Å². The highest BCUT2D eigenvalue weighted by molar-refractivity contribution is 8.13. The van der Waals surface area contributed by atoms with Gasteiger partial charge in [0.1, 0.15) is 0 Å². The maximum atomic E-state index is 11.1. The number of hydrogen-bond acceptors (Lipinski definition) is 5. The molecular weight excluding hydrogens is 270 g/mol.